The molecule has 1 aliphatic rings. The maximum atomic E-state index is 12.1. The van der Waals surface area contributed by atoms with Crippen molar-refractivity contribution in [3.8, 4) is 0 Å². The lowest BCUT2D eigenvalue weighted by Gasteiger charge is -2.20. The van der Waals surface area contributed by atoms with Gasteiger partial charge in [0.1, 0.15) is 0 Å². The molecule has 1 aliphatic heterocycles. The van der Waals surface area contributed by atoms with Gasteiger partial charge in [0.15, 0.2) is 0 Å². The van der Waals surface area contributed by atoms with Crippen molar-refractivity contribution in [3.05, 3.63) is 34.9 Å². The highest BCUT2D eigenvalue weighted by Crippen LogP contribution is 2.27. The molecule has 0 saturated carbocycles. The summed E-state index contributed by atoms with van der Waals surface area (Å²) in [4.78, 5) is 14.1. The standard InChI is InChI=1S/C14H19ClN2O/c15-13-6-2-1-5-12(13)11(10-16)9-14(18)17-7-3-4-8-17/h1-2,5-6,11H,3-4,7-10,16H2. The molecule has 0 bridgehead atoms. The van der Waals surface area contributed by atoms with Gasteiger partial charge in [-0.15, -0.1) is 0 Å². The van der Waals surface area contributed by atoms with E-state index in [0.717, 1.165) is 31.5 Å². The summed E-state index contributed by atoms with van der Waals surface area (Å²) in [5.41, 5.74) is 6.77. The van der Waals surface area contributed by atoms with E-state index < -0.39 is 0 Å². The molecule has 18 heavy (non-hydrogen) atoms. The van der Waals surface area contributed by atoms with Crippen LogP contribution >= 0.6 is 11.6 Å². The van der Waals surface area contributed by atoms with Crippen LogP contribution in [0.25, 0.3) is 0 Å². The first-order valence-electron chi connectivity index (χ1n) is 6.44. The molecule has 1 atom stereocenters. The zero-order chi connectivity index (χ0) is 13.0. The third-order valence-electron chi connectivity index (χ3n) is 3.51. The highest BCUT2D eigenvalue weighted by Gasteiger charge is 2.22. The molecule has 1 heterocycles. The predicted octanol–water partition coefficient (Wildman–Crippen LogP) is 2.39. The van der Waals surface area contributed by atoms with Gasteiger partial charge in [-0.1, -0.05) is 29.8 Å². The van der Waals surface area contributed by atoms with Gasteiger partial charge in [-0.3, -0.25) is 4.79 Å². The summed E-state index contributed by atoms with van der Waals surface area (Å²) in [5.74, 6) is 0.217. The van der Waals surface area contributed by atoms with E-state index in [-0.39, 0.29) is 11.8 Å². The summed E-state index contributed by atoms with van der Waals surface area (Å²) in [5, 5.41) is 0.696. The molecule has 1 aromatic carbocycles. The number of amides is 1. The van der Waals surface area contributed by atoms with Crippen LogP contribution < -0.4 is 5.73 Å². The Morgan fingerprint density at radius 3 is 2.61 bits per heavy atom. The minimum atomic E-state index is 0.0202. The summed E-state index contributed by atoms with van der Waals surface area (Å²) in [7, 11) is 0. The SMILES string of the molecule is NCC(CC(=O)N1CCCC1)c1ccccc1Cl. The van der Waals surface area contributed by atoms with E-state index in [1.54, 1.807) is 0 Å². The van der Waals surface area contributed by atoms with Crippen molar-refractivity contribution in [2.75, 3.05) is 19.6 Å². The number of hydrogen-bond donors (Lipinski definition) is 1. The second kappa shape index (κ2) is 6.21. The van der Waals surface area contributed by atoms with Crippen molar-refractivity contribution in [2.45, 2.75) is 25.2 Å². The fourth-order valence-electron chi connectivity index (χ4n) is 2.43. The fourth-order valence-corrected chi connectivity index (χ4v) is 2.72. The first kappa shape index (κ1) is 13.4. The van der Waals surface area contributed by atoms with Gasteiger partial charge < -0.3 is 10.6 Å². The lowest BCUT2D eigenvalue weighted by Crippen LogP contribution is -2.30. The van der Waals surface area contributed by atoms with Gasteiger partial charge in [0.2, 0.25) is 5.91 Å². The normalized spacial score (nSPS) is 16.9. The summed E-state index contributed by atoms with van der Waals surface area (Å²) in [6.07, 6.45) is 2.69. The van der Waals surface area contributed by atoms with Crippen molar-refractivity contribution in [2.24, 2.45) is 5.73 Å². The summed E-state index contributed by atoms with van der Waals surface area (Å²) < 4.78 is 0. The first-order chi connectivity index (χ1) is 8.72. The van der Waals surface area contributed by atoms with Crippen molar-refractivity contribution in [1.29, 1.82) is 0 Å². The van der Waals surface area contributed by atoms with Crippen molar-refractivity contribution >= 4 is 17.5 Å². The van der Waals surface area contributed by atoms with Crippen LogP contribution in [0.4, 0.5) is 0 Å². The largest absolute Gasteiger partial charge is 0.343 e. The van der Waals surface area contributed by atoms with Gasteiger partial charge in [0.25, 0.3) is 0 Å². The molecule has 1 aromatic rings. The van der Waals surface area contributed by atoms with Crippen LogP contribution in [0.5, 0.6) is 0 Å². The molecule has 2 rings (SSSR count). The molecule has 0 aliphatic carbocycles. The van der Waals surface area contributed by atoms with Crippen LogP contribution in [-0.4, -0.2) is 30.4 Å². The van der Waals surface area contributed by atoms with E-state index in [2.05, 4.69) is 0 Å². The zero-order valence-electron chi connectivity index (χ0n) is 10.4. The molecule has 0 aromatic heterocycles. The van der Waals surface area contributed by atoms with Gasteiger partial charge in [0.05, 0.1) is 0 Å². The van der Waals surface area contributed by atoms with Crippen LogP contribution in [-0.2, 0) is 4.79 Å². The quantitative estimate of drug-likeness (QED) is 0.910. The third-order valence-corrected chi connectivity index (χ3v) is 3.85. The highest BCUT2D eigenvalue weighted by atomic mass is 35.5. The van der Waals surface area contributed by atoms with Gasteiger partial charge in [-0.2, -0.15) is 0 Å². The van der Waals surface area contributed by atoms with Gasteiger partial charge in [-0.25, -0.2) is 0 Å². The Hall–Kier alpha value is -1.06. The molecule has 2 N–H and O–H groups in total. The van der Waals surface area contributed by atoms with Gasteiger partial charge in [-0.05, 0) is 31.0 Å². The number of likely N-dealkylation sites (tertiary alicyclic amines) is 1. The lowest BCUT2D eigenvalue weighted by atomic mass is 9.95. The lowest BCUT2D eigenvalue weighted by molar-refractivity contribution is -0.130. The van der Waals surface area contributed by atoms with Crippen molar-refractivity contribution < 1.29 is 4.79 Å². The summed E-state index contributed by atoms with van der Waals surface area (Å²) in [6, 6.07) is 7.63. The number of benzene rings is 1. The van der Waals surface area contributed by atoms with Gasteiger partial charge >= 0.3 is 0 Å². The molecule has 0 radical (unpaired) electrons. The number of nitrogens with zero attached hydrogens (tertiary/aromatic N) is 1. The molecule has 98 valence electrons. The van der Waals surface area contributed by atoms with Crippen LogP contribution in [0.2, 0.25) is 5.02 Å². The molecule has 1 unspecified atom stereocenters. The maximum absolute atomic E-state index is 12.1. The molecule has 3 nitrogen and oxygen atoms in total. The molecular formula is C14H19ClN2O. The Kier molecular flexibility index (Phi) is 4.61. The second-order valence-corrected chi connectivity index (χ2v) is 5.15. The zero-order valence-corrected chi connectivity index (χ0v) is 11.2. The molecule has 0 spiro atoms. The Balaban J connectivity index is 2.05. The van der Waals surface area contributed by atoms with Crippen molar-refractivity contribution in [3.63, 3.8) is 0 Å². The third kappa shape index (κ3) is 3.03. The average Bonchev–Trinajstić information content (AvgIpc) is 2.90. The van der Waals surface area contributed by atoms with E-state index in [1.165, 1.54) is 0 Å². The minimum absolute atomic E-state index is 0.0202. The summed E-state index contributed by atoms with van der Waals surface area (Å²) in [6.45, 7) is 2.22. The molecule has 4 heteroatoms. The van der Waals surface area contributed by atoms with Gasteiger partial charge in [0, 0.05) is 30.5 Å². The number of hydrogen-bond acceptors (Lipinski definition) is 2. The Morgan fingerprint density at radius 1 is 1.33 bits per heavy atom. The minimum Gasteiger partial charge on any atom is -0.343 e. The number of rotatable bonds is 4. The average molecular weight is 267 g/mol. The molecule has 1 amide bonds. The topological polar surface area (TPSA) is 46.3 Å². The monoisotopic (exact) mass is 266 g/mol. The number of carbonyl (C=O) groups excluding carboxylic acids is 1. The van der Waals surface area contributed by atoms with Crippen LogP contribution in [0.1, 0.15) is 30.7 Å². The number of carbonyl (C=O) groups is 1. The highest BCUT2D eigenvalue weighted by molar-refractivity contribution is 6.31. The van der Waals surface area contributed by atoms with Crippen LogP contribution in [0.15, 0.2) is 24.3 Å². The fraction of sp³-hybridized carbons (Fsp3) is 0.500. The second-order valence-electron chi connectivity index (χ2n) is 4.75. The molecule has 1 saturated heterocycles. The van der Waals surface area contributed by atoms with E-state index >= 15 is 0 Å². The van der Waals surface area contributed by atoms with Crippen molar-refractivity contribution in [1.82, 2.24) is 4.90 Å². The Bertz CT molecular complexity index is 416. The van der Waals surface area contributed by atoms with E-state index in [9.17, 15) is 4.79 Å². The number of nitrogens with two attached hydrogens (primary N) is 1. The molecular weight excluding hydrogens is 248 g/mol. The van der Waals surface area contributed by atoms with Crippen LogP contribution in [0, 0.1) is 0 Å². The van der Waals surface area contributed by atoms with E-state index in [1.807, 2.05) is 29.2 Å². The number of halogens is 1. The predicted molar refractivity (Wildman–Crippen MR) is 73.7 cm³/mol. The Labute approximate surface area is 113 Å². The van der Waals surface area contributed by atoms with E-state index in [4.69, 9.17) is 17.3 Å². The maximum Gasteiger partial charge on any atom is 0.223 e. The van der Waals surface area contributed by atoms with Crippen LogP contribution in [0.3, 0.4) is 0 Å². The smallest absolute Gasteiger partial charge is 0.223 e. The molecule has 1 fully saturated rings. The first-order valence-corrected chi connectivity index (χ1v) is 6.82. The Morgan fingerprint density at radius 2 is 2.00 bits per heavy atom. The van der Waals surface area contributed by atoms with E-state index in [0.29, 0.717) is 18.0 Å². The summed E-state index contributed by atoms with van der Waals surface area (Å²) >= 11 is 6.16.